The molecule has 2 aliphatic rings. The molecule has 1 aromatic carbocycles. The lowest BCUT2D eigenvalue weighted by Crippen LogP contribution is -2.45. The van der Waals surface area contributed by atoms with Crippen LogP contribution in [0.1, 0.15) is 24.4 Å². The Morgan fingerprint density at radius 3 is 2.16 bits per heavy atom. The number of rotatable bonds is 3. The molecule has 0 spiro atoms. The lowest BCUT2D eigenvalue weighted by atomic mass is 10.00. The van der Waals surface area contributed by atoms with Crippen LogP contribution in [0.4, 0.5) is 4.39 Å². The standard InChI is InChI=1S/C14H19FN2.2ClH/c15-13-5-3-12(4-6-13)14(11-1-2-11)17-9-7-16-8-10-17;;/h3-6,11,14,16H,1-2,7-10H2;2*1H/t14-;;/m0../s1. The molecule has 0 radical (unpaired) electrons. The van der Waals surface area contributed by atoms with Crippen molar-refractivity contribution < 1.29 is 4.39 Å². The van der Waals surface area contributed by atoms with Gasteiger partial charge in [0.05, 0.1) is 0 Å². The van der Waals surface area contributed by atoms with Gasteiger partial charge in [0.1, 0.15) is 5.82 Å². The third-order valence-electron chi connectivity index (χ3n) is 3.83. The number of hydrogen-bond donors (Lipinski definition) is 1. The summed E-state index contributed by atoms with van der Waals surface area (Å²) < 4.78 is 13.0. The molecule has 1 saturated carbocycles. The number of nitrogens with one attached hydrogen (secondary N) is 1. The van der Waals surface area contributed by atoms with Crippen molar-refractivity contribution in [1.29, 1.82) is 0 Å². The molecule has 3 rings (SSSR count). The highest BCUT2D eigenvalue weighted by Crippen LogP contribution is 2.44. The summed E-state index contributed by atoms with van der Waals surface area (Å²) in [5, 5.41) is 3.39. The van der Waals surface area contributed by atoms with Crippen molar-refractivity contribution >= 4 is 24.8 Å². The van der Waals surface area contributed by atoms with E-state index in [1.807, 2.05) is 12.1 Å². The number of benzene rings is 1. The van der Waals surface area contributed by atoms with E-state index in [-0.39, 0.29) is 30.6 Å². The molecule has 19 heavy (non-hydrogen) atoms. The predicted molar refractivity (Wildman–Crippen MR) is 80.8 cm³/mol. The molecule has 1 aliphatic carbocycles. The smallest absolute Gasteiger partial charge is 0.123 e. The molecule has 1 saturated heterocycles. The number of hydrogen-bond acceptors (Lipinski definition) is 2. The van der Waals surface area contributed by atoms with E-state index in [9.17, 15) is 4.39 Å². The van der Waals surface area contributed by atoms with Crippen LogP contribution in [-0.2, 0) is 0 Å². The maximum Gasteiger partial charge on any atom is 0.123 e. The summed E-state index contributed by atoms with van der Waals surface area (Å²) >= 11 is 0. The molecule has 1 aliphatic heterocycles. The van der Waals surface area contributed by atoms with Crippen LogP contribution in [0.2, 0.25) is 0 Å². The number of piperazine rings is 1. The lowest BCUT2D eigenvalue weighted by Gasteiger charge is -2.35. The Morgan fingerprint density at radius 2 is 1.63 bits per heavy atom. The minimum atomic E-state index is -0.136. The summed E-state index contributed by atoms with van der Waals surface area (Å²) in [4.78, 5) is 2.56. The van der Waals surface area contributed by atoms with E-state index in [0.717, 1.165) is 32.1 Å². The van der Waals surface area contributed by atoms with Crippen molar-refractivity contribution in [2.75, 3.05) is 26.2 Å². The molecule has 2 fully saturated rings. The van der Waals surface area contributed by atoms with Gasteiger partial charge in [-0.3, -0.25) is 4.90 Å². The molecule has 5 heteroatoms. The predicted octanol–water partition coefficient (Wildman–Crippen LogP) is 3.03. The Hall–Kier alpha value is -0.350. The first kappa shape index (κ1) is 16.7. The summed E-state index contributed by atoms with van der Waals surface area (Å²) in [5.41, 5.74) is 1.29. The van der Waals surface area contributed by atoms with Crippen molar-refractivity contribution in [3.8, 4) is 0 Å². The number of halogens is 3. The molecule has 1 heterocycles. The zero-order valence-electron chi connectivity index (χ0n) is 10.8. The van der Waals surface area contributed by atoms with E-state index in [2.05, 4.69) is 10.2 Å². The Balaban J connectivity index is 0.000000902. The average molecular weight is 307 g/mol. The van der Waals surface area contributed by atoms with Gasteiger partial charge >= 0.3 is 0 Å². The van der Waals surface area contributed by atoms with Gasteiger partial charge in [0.2, 0.25) is 0 Å². The first-order chi connectivity index (χ1) is 8.34. The van der Waals surface area contributed by atoms with Crippen LogP contribution in [0.5, 0.6) is 0 Å². The highest BCUT2D eigenvalue weighted by Gasteiger charge is 2.36. The van der Waals surface area contributed by atoms with Crippen molar-refractivity contribution in [3.05, 3.63) is 35.6 Å². The zero-order valence-corrected chi connectivity index (χ0v) is 12.5. The summed E-state index contributed by atoms with van der Waals surface area (Å²) in [6.45, 7) is 4.37. The first-order valence-electron chi connectivity index (χ1n) is 6.55. The zero-order chi connectivity index (χ0) is 11.7. The van der Waals surface area contributed by atoms with E-state index < -0.39 is 0 Å². The third kappa shape index (κ3) is 4.06. The van der Waals surface area contributed by atoms with Gasteiger partial charge in [0, 0.05) is 32.2 Å². The topological polar surface area (TPSA) is 15.3 Å². The second-order valence-electron chi connectivity index (χ2n) is 5.12. The molecule has 2 nitrogen and oxygen atoms in total. The van der Waals surface area contributed by atoms with Gasteiger partial charge in [0.25, 0.3) is 0 Å². The van der Waals surface area contributed by atoms with Crippen LogP contribution >= 0.6 is 24.8 Å². The maximum absolute atomic E-state index is 13.0. The first-order valence-corrected chi connectivity index (χ1v) is 6.55. The molecular formula is C14H21Cl2FN2. The van der Waals surface area contributed by atoms with Gasteiger partial charge in [-0.1, -0.05) is 12.1 Å². The Labute approximate surface area is 126 Å². The van der Waals surface area contributed by atoms with Crippen LogP contribution in [0.25, 0.3) is 0 Å². The average Bonchev–Trinajstić information content (AvgIpc) is 3.18. The van der Waals surface area contributed by atoms with Gasteiger partial charge in [-0.2, -0.15) is 0 Å². The summed E-state index contributed by atoms with van der Waals surface area (Å²) in [6, 6.07) is 7.61. The normalized spacial score (nSPS) is 21.1. The molecule has 0 aromatic heterocycles. The van der Waals surface area contributed by atoms with Crippen molar-refractivity contribution in [1.82, 2.24) is 10.2 Å². The van der Waals surface area contributed by atoms with Gasteiger partial charge in [0.15, 0.2) is 0 Å². The van der Waals surface area contributed by atoms with Crippen LogP contribution in [0, 0.1) is 11.7 Å². The fraction of sp³-hybridized carbons (Fsp3) is 0.571. The van der Waals surface area contributed by atoms with Crippen LogP contribution < -0.4 is 5.32 Å². The molecule has 0 bridgehead atoms. The van der Waals surface area contributed by atoms with E-state index >= 15 is 0 Å². The SMILES string of the molecule is Cl.Cl.Fc1ccc([C@H](C2CC2)N2CCNCC2)cc1. The number of nitrogens with zero attached hydrogens (tertiary/aromatic N) is 1. The highest BCUT2D eigenvalue weighted by molar-refractivity contribution is 5.85. The van der Waals surface area contributed by atoms with Crippen molar-refractivity contribution in [2.45, 2.75) is 18.9 Å². The quantitative estimate of drug-likeness (QED) is 0.923. The van der Waals surface area contributed by atoms with Gasteiger partial charge in [-0.05, 0) is 36.5 Å². The molecular weight excluding hydrogens is 286 g/mol. The summed E-state index contributed by atoms with van der Waals surface area (Å²) in [6.07, 6.45) is 2.65. The minimum absolute atomic E-state index is 0. The minimum Gasteiger partial charge on any atom is -0.314 e. The van der Waals surface area contributed by atoms with E-state index in [0.29, 0.717) is 6.04 Å². The lowest BCUT2D eigenvalue weighted by molar-refractivity contribution is 0.156. The third-order valence-corrected chi connectivity index (χ3v) is 3.83. The Morgan fingerprint density at radius 1 is 1.05 bits per heavy atom. The summed E-state index contributed by atoms with van der Waals surface area (Å²) in [7, 11) is 0. The van der Waals surface area contributed by atoms with E-state index in [4.69, 9.17) is 0 Å². The molecule has 1 N–H and O–H groups in total. The molecule has 0 amide bonds. The van der Waals surface area contributed by atoms with Gasteiger partial charge < -0.3 is 5.32 Å². The van der Waals surface area contributed by atoms with Crippen LogP contribution in [0.3, 0.4) is 0 Å². The van der Waals surface area contributed by atoms with E-state index in [1.54, 1.807) is 12.1 Å². The highest BCUT2D eigenvalue weighted by atomic mass is 35.5. The fourth-order valence-electron chi connectivity index (χ4n) is 2.81. The second-order valence-corrected chi connectivity index (χ2v) is 5.12. The monoisotopic (exact) mass is 306 g/mol. The molecule has 1 aromatic rings. The van der Waals surface area contributed by atoms with Gasteiger partial charge in [-0.25, -0.2) is 4.39 Å². The molecule has 0 unspecified atom stereocenters. The van der Waals surface area contributed by atoms with Crippen molar-refractivity contribution in [2.24, 2.45) is 5.92 Å². The fourth-order valence-corrected chi connectivity index (χ4v) is 2.81. The van der Waals surface area contributed by atoms with E-state index in [1.165, 1.54) is 18.4 Å². The second kappa shape index (κ2) is 7.44. The van der Waals surface area contributed by atoms with Crippen molar-refractivity contribution in [3.63, 3.8) is 0 Å². The molecule has 108 valence electrons. The summed E-state index contributed by atoms with van der Waals surface area (Å²) in [5.74, 6) is 0.655. The largest absolute Gasteiger partial charge is 0.314 e. The van der Waals surface area contributed by atoms with Gasteiger partial charge in [-0.15, -0.1) is 24.8 Å². The van der Waals surface area contributed by atoms with Crippen LogP contribution in [-0.4, -0.2) is 31.1 Å². The Bertz CT molecular complexity index is 376. The molecule has 1 atom stereocenters. The van der Waals surface area contributed by atoms with Crippen LogP contribution in [0.15, 0.2) is 24.3 Å². The maximum atomic E-state index is 13.0. The Kier molecular flexibility index (Phi) is 6.54.